The molecule has 174 valence electrons. The summed E-state index contributed by atoms with van der Waals surface area (Å²) in [5, 5.41) is 1.14. The highest BCUT2D eigenvalue weighted by atomic mass is 19.1. The van der Waals surface area contributed by atoms with E-state index in [0.29, 0.717) is 12.8 Å². The van der Waals surface area contributed by atoms with Crippen LogP contribution in [-0.4, -0.2) is 77.9 Å². The van der Waals surface area contributed by atoms with Crippen molar-refractivity contribution in [2.45, 2.75) is 25.7 Å². The van der Waals surface area contributed by atoms with Gasteiger partial charge in [0.25, 0.3) is 0 Å². The van der Waals surface area contributed by atoms with Crippen molar-refractivity contribution in [3.63, 3.8) is 0 Å². The molecule has 2 fully saturated rings. The van der Waals surface area contributed by atoms with Gasteiger partial charge in [-0.05, 0) is 73.8 Å². The number of halogens is 1. The summed E-state index contributed by atoms with van der Waals surface area (Å²) in [6.45, 7) is 8.31. The molecular formula is C27H33FN4O. The average Bonchev–Trinajstić information content (AvgIpc) is 3.50. The molecule has 3 heterocycles. The molecule has 0 saturated carbocycles. The number of para-hydroxylation sites is 1. The number of nitrogens with zero attached hydrogens (tertiary/aromatic N) is 3. The first-order valence-electron chi connectivity index (χ1n) is 12.3. The van der Waals surface area contributed by atoms with Gasteiger partial charge in [-0.15, -0.1) is 0 Å². The second kappa shape index (κ2) is 10.1. The summed E-state index contributed by atoms with van der Waals surface area (Å²) >= 11 is 0. The predicted octanol–water partition coefficient (Wildman–Crippen LogP) is 4.15. The number of H-pyrrole nitrogens is 1. The summed E-state index contributed by atoms with van der Waals surface area (Å²) in [7, 11) is 0. The maximum Gasteiger partial charge on any atom is 0.222 e. The highest BCUT2D eigenvalue weighted by molar-refractivity contribution is 5.91. The van der Waals surface area contributed by atoms with E-state index in [9.17, 15) is 9.18 Å². The fraction of sp³-hybridized carbons (Fsp3) is 0.444. The van der Waals surface area contributed by atoms with Gasteiger partial charge < -0.3 is 14.8 Å². The first-order valence-corrected chi connectivity index (χ1v) is 12.3. The molecule has 2 saturated heterocycles. The van der Waals surface area contributed by atoms with Gasteiger partial charge >= 0.3 is 0 Å². The molecule has 5 rings (SSSR count). The minimum Gasteiger partial charge on any atom is -0.354 e. The van der Waals surface area contributed by atoms with E-state index < -0.39 is 0 Å². The van der Waals surface area contributed by atoms with Gasteiger partial charge in [0.1, 0.15) is 5.82 Å². The normalized spacial score (nSPS) is 17.8. The molecule has 1 amide bonds. The van der Waals surface area contributed by atoms with Crippen LogP contribution in [0.5, 0.6) is 0 Å². The van der Waals surface area contributed by atoms with E-state index in [0.717, 1.165) is 67.0 Å². The van der Waals surface area contributed by atoms with Gasteiger partial charge in [0.15, 0.2) is 0 Å². The highest BCUT2D eigenvalue weighted by Gasteiger charge is 2.23. The Bertz CT molecular complexity index is 1080. The van der Waals surface area contributed by atoms with Crippen LogP contribution in [0.3, 0.4) is 0 Å². The maximum absolute atomic E-state index is 13.5. The quantitative estimate of drug-likeness (QED) is 0.591. The summed E-state index contributed by atoms with van der Waals surface area (Å²) in [6, 6.07) is 14.7. The molecule has 33 heavy (non-hydrogen) atoms. The van der Waals surface area contributed by atoms with E-state index >= 15 is 0 Å². The van der Waals surface area contributed by atoms with Crippen LogP contribution in [0.1, 0.15) is 24.8 Å². The number of likely N-dealkylation sites (tertiary alicyclic amines) is 1. The van der Waals surface area contributed by atoms with Gasteiger partial charge in [0, 0.05) is 62.3 Å². The Labute approximate surface area is 195 Å². The number of amides is 1. The number of piperazine rings is 1. The highest BCUT2D eigenvalue weighted by Crippen LogP contribution is 2.31. The van der Waals surface area contributed by atoms with Crippen molar-refractivity contribution in [2.24, 2.45) is 0 Å². The number of carbonyl (C=O) groups is 1. The molecule has 0 aliphatic carbocycles. The largest absolute Gasteiger partial charge is 0.354 e. The summed E-state index contributed by atoms with van der Waals surface area (Å²) < 4.78 is 13.5. The molecule has 0 radical (unpaired) electrons. The van der Waals surface area contributed by atoms with Gasteiger partial charge in [-0.1, -0.05) is 18.2 Å². The van der Waals surface area contributed by atoms with E-state index in [1.165, 1.54) is 38.1 Å². The van der Waals surface area contributed by atoms with E-state index in [1.807, 2.05) is 17.0 Å². The van der Waals surface area contributed by atoms with Crippen LogP contribution in [0, 0.1) is 5.82 Å². The summed E-state index contributed by atoms with van der Waals surface area (Å²) in [4.78, 5) is 23.6. The second-order valence-corrected chi connectivity index (χ2v) is 9.30. The van der Waals surface area contributed by atoms with E-state index in [1.54, 1.807) is 12.1 Å². The first-order chi connectivity index (χ1) is 16.2. The Morgan fingerprint density at radius 2 is 1.52 bits per heavy atom. The van der Waals surface area contributed by atoms with Crippen LogP contribution >= 0.6 is 0 Å². The lowest BCUT2D eigenvalue weighted by Crippen LogP contribution is -2.50. The number of aromatic nitrogens is 1. The molecule has 5 nitrogen and oxygen atoms in total. The fourth-order valence-corrected chi connectivity index (χ4v) is 5.22. The average molecular weight is 449 g/mol. The number of rotatable bonds is 7. The Morgan fingerprint density at radius 1 is 0.848 bits per heavy atom. The van der Waals surface area contributed by atoms with E-state index in [4.69, 9.17) is 0 Å². The standard InChI is InChI=1S/C27H33FN4O/c28-22-9-7-21(8-10-22)27-24(23-5-1-2-6-25(23)29-27)11-12-26(33)32-19-17-31(18-20-32)16-15-30-13-3-4-14-30/h1-2,5-10,29H,3-4,11-20H2. The Morgan fingerprint density at radius 3 is 2.24 bits per heavy atom. The monoisotopic (exact) mass is 448 g/mol. The van der Waals surface area contributed by atoms with Gasteiger partial charge in [-0.2, -0.15) is 0 Å². The number of hydrogen-bond acceptors (Lipinski definition) is 3. The Kier molecular flexibility index (Phi) is 6.74. The fourth-order valence-electron chi connectivity index (χ4n) is 5.22. The van der Waals surface area contributed by atoms with Crippen molar-refractivity contribution < 1.29 is 9.18 Å². The number of hydrogen-bond donors (Lipinski definition) is 1. The van der Waals surface area contributed by atoms with Crippen molar-refractivity contribution in [1.82, 2.24) is 19.7 Å². The van der Waals surface area contributed by atoms with Gasteiger partial charge in [0.2, 0.25) is 5.91 Å². The zero-order valence-corrected chi connectivity index (χ0v) is 19.2. The molecule has 0 spiro atoms. The number of benzene rings is 2. The lowest BCUT2D eigenvalue weighted by Gasteiger charge is -2.35. The molecule has 2 aliphatic heterocycles. The molecule has 6 heteroatoms. The third kappa shape index (κ3) is 5.12. The number of nitrogens with one attached hydrogen (secondary N) is 1. The van der Waals surface area contributed by atoms with Gasteiger partial charge in [-0.25, -0.2) is 4.39 Å². The number of aromatic amines is 1. The third-order valence-corrected chi connectivity index (χ3v) is 7.19. The molecule has 2 aromatic carbocycles. The van der Waals surface area contributed by atoms with E-state index in [2.05, 4.69) is 26.9 Å². The number of carbonyl (C=O) groups excluding carboxylic acids is 1. The summed E-state index contributed by atoms with van der Waals surface area (Å²) in [5.41, 5.74) is 4.11. The number of fused-ring (bicyclic) bond motifs is 1. The molecule has 1 aromatic heterocycles. The molecule has 0 bridgehead atoms. The van der Waals surface area contributed by atoms with Gasteiger partial charge in [0.05, 0.1) is 0 Å². The van der Waals surface area contributed by atoms with Crippen molar-refractivity contribution in [1.29, 1.82) is 0 Å². The zero-order chi connectivity index (χ0) is 22.6. The minimum absolute atomic E-state index is 0.226. The minimum atomic E-state index is -0.244. The SMILES string of the molecule is O=C(CCc1c(-c2ccc(F)cc2)[nH]c2ccccc12)N1CCN(CCN2CCCC2)CC1. The van der Waals surface area contributed by atoms with Crippen LogP contribution < -0.4 is 0 Å². The van der Waals surface area contributed by atoms with Gasteiger partial charge in [-0.3, -0.25) is 9.69 Å². The lowest BCUT2D eigenvalue weighted by molar-refractivity contribution is -0.132. The molecule has 2 aliphatic rings. The molecule has 0 atom stereocenters. The topological polar surface area (TPSA) is 42.6 Å². The van der Waals surface area contributed by atoms with Crippen LogP contribution in [-0.2, 0) is 11.2 Å². The van der Waals surface area contributed by atoms with Crippen molar-refractivity contribution in [2.75, 3.05) is 52.4 Å². The molecule has 0 unspecified atom stereocenters. The van der Waals surface area contributed by atoms with E-state index in [-0.39, 0.29) is 11.7 Å². The summed E-state index contributed by atoms with van der Waals surface area (Å²) in [6.07, 6.45) is 3.83. The third-order valence-electron chi connectivity index (χ3n) is 7.19. The molecule has 3 aromatic rings. The maximum atomic E-state index is 13.5. The van der Waals surface area contributed by atoms with Crippen LogP contribution in [0.15, 0.2) is 48.5 Å². The van der Waals surface area contributed by atoms with Crippen molar-refractivity contribution >= 4 is 16.8 Å². The van der Waals surface area contributed by atoms with Crippen LogP contribution in [0.4, 0.5) is 4.39 Å². The van der Waals surface area contributed by atoms with Crippen molar-refractivity contribution in [3.05, 3.63) is 59.9 Å². The molecular weight excluding hydrogens is 415 g/mol. The van der Waals surface area contributed by atoms with Crippen LogP contribution in [0.2, 0.25) is 0 Å². The predicted molar refractivity (Wildman–Crippen MR) is 131 cm³/mol. The van der Waals surface area contributed by atoms with Crippen LogP contribution in [0.25, 0.3) is 22.2 Å². The summed E-state index contributed by atoms with van der Waals surface area (Å²) in [5.74, 6) is -0.0179. The first kappa shape index (κ1) is 22.1. The number of aryl methyl sites for hydroxylation is 1. The smallest absolute Gasteiger partial charge is 0.222 e. The Hall–Kier alpha value is -2.70. The second-order valence-electron chi connectivity index (χ2n) is 9.30. The molecule has 1 N–H and O–H groups in total. The van der Waals surface area contributed by atoms with Crippen molar-refractivity contribution in [3.8, 4) is 11.3 Å². The zero-order valence-electron chi connectivity index (χ0n) is 19.2. The Balaban J connectivity index is 1.20. The lowest BCUT2D eigenvalue weighted by atomic mass is 10.0.